The first-order valence-electron chi connectivity index (χ1n) is 8.34. The Morgan fingerprint density at radius 2 is 1.89 bits per heavy atom. The van der Waals surface area contributed by atoms with E-state index in [1.807, 2.05) is 7.05 Å². The SMILES string of the molecule is CNCCC(CC(C)C)Oc1cc(Cl)ccc1C#N.O=C(O)C=CC(=O)O. The Morgan fingerprint density at radius 3 is 2.33 bits per heavy atom. The Morgan fingerprint density at radius 1 is 1.30 bits per heavy atom. The lowest BCUT2D eigenvalue weighted by atomic mass is 10.0. The van der Waals surface area contributed by atoms with E-state index in [9.17, 15) is 9.59 Å². The molecule has 1 aromatic rings. The highest BCUT2D eigenvalue weighted by molar-refractivity contribution is 6.30. The first kappa shape index (κ1) is 24.4. The number of ether oxygens (including phenoxy) is 1. The number of carboxylic acid groups (broad SMARTS) is 2. The van der Waals surface area contributed by atoms with Crippen LogP contribution in [0.2, 0.25) is 5.02 Å². The minimum absolute atomic E-state index is 0.0954. The zero-order valence-corrected chi connectivity index (χ0v) is 16.4. The van der Waals surface area contributed by atoms with Gasteiger partial charge in [0.05, 0.1) is 5.56 Å². The fourth-order valence-electron chi connectivity index (χ4n) is 2.06. The van der Waals surface area contributed by atoms with Gasteiger partial charge in [-0.2, -0.15) is 5.26 Å². The van der Waals surface area contributed by atoms with Crippen molar-refractivity contribution < 1.29 is 24.5 Å². The van der Waals surface area contributed by atoms with Gasteiger partial charge in [0.2, 0.25) is 0 Å². The maximum Gasteiger partial charge on any atom is 0.328 e. The van der Waals surface area contributed by atoms with E-state index in [1.54, 1.807) is 18.2 Å². The van der Waals surface area contributed by atoms with Gasteiger partial charge in [0.25, 0.3) is 0 Å². The van der Waals surface area contributed by atoms with E-state index in [0.717, 1.165) is 19.4 Å². The Balaban J connectivity index is 0.000000713. The third-order valence-corrected chi connectivity index (χ3v) is 3.41. The Labute approximate surface area is 164 Å². The molecule has 0 aliphatic rings. The molecule has 0 heterocycles. The van der Waals surface area contributed by atoms with Crippen molar-refractivity contribution in [3.63, 3.8) is 0 Å². The highest BCUT2D eigenvalue weighted by Gasteiger charge is 2.15. The molecule has 0 aliphatic heterocycles. The number of nitrogens with zero attached hydrogens (tertiary/aromatic N) is 1. The first-order chi connectivity index (χ1) is 12.7. The number of hydrogen-bond acceptors (Lipinski definition) is 5. The van der Waals surface area contributed by atoms with E-state index in [0.29, 0.717) is 34.4 Å². The Bertz CT molecular complexity index is 667. The van der Waals surface area contributed by atoms with Crippen LogP contribution in [0.4, 0.5) is 0 Å². The number of nitriles is 1. The summed E-state index contributed by atoms with van der Waals surface area (Å²) in [5, 5.41) is 28.4. The molecule has 8 heteroatoms. The van der Waals surface area contributed by atoms with Crippen LogP contribution in [0.15, 0.2) is 30.4 Å². The van der Waals surface area contributed by atoms with Crippen molar-refractivity contribution in [1.29, 1.82) is 5.26 Å². The maximum atomic E-state index is 9.55. The largest absolute Gasteiger partial charge is 0.489 e. The molecule has 148 valence electrons. The van der Waals surface area contributed by atoms with Crippen molar-refractivity contribution in [2.45, 2.75) is 32.8 Å². The van der Waals surface area contributed by atoms with E-state index in [2.05, 4.69) is 25.2 Å². The molecule has 27 heavy (non-hydrogen) atoms. The zero-order chi connectivity index (χ0) is 20.8. The van der Waals surface area contributed by atoms with E-state index in [1.165, 1.54) is 0 Å². The number of hydrogen-bond donors (Lipinski definition) is 3. The second kappa shape index (κ2) is 13.6. The van der Waals surface area contributed by atoms with Gasteiger partial charge in [0.15, 0.2) is 0 Å². The third-order valence-electron chi connectivity index (χ3n) is 3.18. The molecule has 0 amide bonds. The van der Waals surface area contributed by atoms with Crippen LogP contribution in [0.25, 0.3) is 0 Å². The summed E-state index contributed by atoms with van der Waals surface area (Å²) in [6.45, 7) is 5.22. The average Bonchev–Trinajstić information content (AvgIpc) is 2.58. The predicted octanol–water partition coefficient (Wildman–Crippen LogP) is 3.33. The van der Waals surface area contributed by atoms with E-state index >= 15 is 0 Å². The van der Waals surface area contributed by atoms with Gasteiger partial charge < -0.3 is 20.3 Å². The maximum absolute atomic E-state index is 9.55. The molecule has 0 aromatic heterocycles. The van der Waals surface area contributed by atoms with E-state index in [4.69, 9.17) is 31.8 Å². The molecule has 3 N–H and O–H groups in total. The van der Waals surface area contributed by atoms with E-state index in [-0.39, 0.29) is 6.10 Å². The van der Waals surface area contributed by atoms with Crippen LogP contribution in [-0.2, 0) is 9.59 Å². The molecule has 1 rings (SSSR count). The summed E-state index contributed by atoms with van der Waals surface area (Å²) in [7, 11) is 1.92. The van der Waals surface area contributed by atoms with Crippen molar-refractivity contribution in [3.05, 3.63) is 40.9 Å². The molecule has 1 atom stereocenters. The molecule has 0 saturated carbocycles. The number of aliphatic carboxylic acids is 2. The lowest BCUT2D eigenvalue weighted by Gasteiger charge is -2.21. The normalized spacial score (nSPS) is 11.4. The lowest BCUT2D eigenvalue weighted by molar-refractivity contribution is -0.134. The van der Waals surface area contributed by atoms with Gasteiger partial charge in [-0.3, -0.25) is 0 Å². The van der Waals surface area contributed by atoms with Crippen molar-refractivity contribution in [3.8, 4) is 11.8 Å². The fourth-order valence-corrected chi connectivity index (χ4v) is 2.23. The first-order valence-corrected chi connectivity index (χ1v) is 8.72. The topological polar surface area (TPSA) is 120 Å². The summed E-state index contributed by atoms with van der Waals surface area (Å²) in [6.07, 6.45) is 3.08. The summed E-state index contributed by atoms with van der Waals surface area (Å²) in [5.74, 6) is -1.39. The third kappa shape index (κ3) is 12.4. The minimum Gasteiger partial charge on any atom is -0.489 e. The standard InChI is InChI=1S/C15H21ClN2O.C4H4O4/c1-11(2)8-14(6-7-18-3)19-15-9-13(16)5-4-12(15)10-17;5-3(6)1-2-4(7)8/h4-5,9,11,14,18H,6-8H2,1-3H3;1-2H,(H,5,6)(H,7,8). The molecule has 0 bridgehead atoms. The van der Waals surface area contributed by atoms with Crippen LogP contribution in [0.1, 0.15) is 32.3 Å². The molecule has 0 fully saturated rings. The van der Waals surface area contributed by atoms with Crippen LogP contribution in [0.5, 0.6) is 5.75 Å². The quantitative estimate of drug-likeness (QED) is 0.547. The second-order valence-electron chi connectivity index (χ2n) is 6.02. The molecule has 0 saturated heterocycles. The molecule has 0 radical (unpaired) electrons. The van der Waals surface area contributed by atoms with Crippen LogP contribution < -0.4 is 10.1 Å². The van der Waals surface area contributed by atoms with Gasteiger partial charge in [0, 0.05) is 23.2 Å². The summed E-state index contributed by atoms with van der Waals surface area (Å²) in [5.41, 5.74) is 0.530. The molecular weight excluding hydrogens is 372 g/mol. The van der Waals surface area contributed by atoms with Crippen LogP contribution in [0, 0.1) is 17.2 Å². The fraction of sp³-hybridized carbons (Fsp3) is 0.421. The van der Waals surface area contributed by atoms with E-state index < -0.39 is 11.9 Å². The van der Waals surface area contributed by atoms with Gasteiger partial charge in [-0.1, -0.05) is 25.4 Å². The summed E-state index contributed by atoms with van der Waals surface area (Å²) >= 11 is 5.97. The predicted molar refractivity (Wildman–Crippen MR) is 103 cm³/mol. The monoisotopic (exact) mass is 396 g/mol. The number of rotatable bonds is 9. The number of nitrogens with one attached hydrogen (secondary N) is 1. The second-order valence-corrected chi connectivity index (χ2v) is 6.46. The Kier molecular flexibility index (Phi) is 12.3. The summed E-state index contributed by atoms with van der Waals surface area (Å²) in [6, 6.07) is 7.26. The van der Waals surface area contributed by atoms with Gasteiger partial charge in [0.1, 0.15) is 17.9 Å². The van der Waals surface area contributed by atoms with Crippen LogP contribution >= 0.6 is 11.6 Å². The van der Waals surface area contributed by atoms with Crippen molar-refractivity contribution in [1.82, 2.24) is 5.32 Å². The van der Waals surface area contributed by atoms with Crippen molar-refractivity contribution >= 4 is 23.5 Å². The van der Waals surface area contributed by atoms with Crippen LogP contribution in [0.3, 0.4) is 0 Å². The van der Waals surface area contributed by atoms with Gasteiger partial charge in [-0.25, -0.2) is 9.59 Å². The van der Waals surface area contributed by atoms with Gasteiger partial charge in [-0.15, -0.1) is 0 Å². The molecule has 0 aliphatic carbocycles. The summed E-state index contributed by atoms with van der Waals surface area (Å²) < 4.78 is 5.98. The molecule has 1 unspecified atom stereocenters. The molecular formula is C19H25ClN2O5. The number of carbonyl (C=O) groups is 2. The zero-order valence-electron chi connectivity index (χ0n) is 15.6. The number of halogens is 1. The van der Waals surface area contributed by atoms with Gasteiger partial charge in [-0.05, 0) is 44.5 Å². The number of carboxylic acids is 2. The lowest BCUT2D eigenvalue weighted by Crippen LogP contribution is -2.24. The molecule has 1 aromatic carbocycles. The average molecular weight is 397 g/mol. The minimum atomic E-state index is -1.26. The smallest absolute Gasteiger partial charge is 0.328 e. The van der Waals surface area contributed by atoms with Gasteiger partial charge >= 0.3 is 11.9 Å². The van der Waals surface area contributed by atoms with Crippen molar-refractivity contribution in [2.75, 3.05) is 13.6 Å². The molecule has 7 nitrogen and oxygen atoms in total. The summed E-state index contributed by atoms with van der Waals surface area (Å²) in [4.78, 5) is 19.1. The number of benzene rings is 1. The van der Waals surface area contributed by atoms with Crippen LogP contribution in [-0.4, -0.2) is 41.8 Å². The highest BCUT2D eigenvalue weighted by Crippen LogP contribution is 2.25. The molecule has 0 spiro atoms. The Hall–Kier alpha value is -2.56. The highest BCUT2D eigenvalue weighted by atomic mass is 35.5. The van der Waals surface area contributed by atoms with Crippen molar-refractivity contribution in [2.24, 2.45) is 5.92 Å².